The Kier molecular flexibility index (Phi) is 4.93. The van der Waals surface area contributed by atoms with Gasteiger partial charge in [0.2, 0.25) is 0 Å². The third kappa shape index (κ3) is 3.15. The summed E-state index contributed by atoms with van der Waals surface area (Å²) in [5.41, 5.74) is 2.27. The molecule has 0 bridgehead atoms. The van der Waals surface area contributed by atoms with Crippen molar-refractivity contribution in [1.82, 2.24) is 9.80 Å². The van der Waals surface area contributed by atoms with Crippen LogP contribution in [0.4, 0.5) is 0 Å². The maximum absolute atomic E-state index is 13.0. The van der Waals surface area contributed by atoms with E-state index in [1.807, 2.05) is 14.1 Å². The van der Waals surface area contributed by atoms with Crippen molar-refractivity contribution in [2.24, 2.45) is 21.8 Å². The van der Waals surface area contributed by atoms with E-state index in [2.05, 4.69) is 9.98 Å². The van der Waals surface area contributed by atoms with Crippen LogP contribution < -0.4 is 10.2 Å². The van der Waals surface area contributed by atoms with Gasteiger partial charge in [0.25, 0.3) is 0 Å². The van der Waals surface area contributed by atoms with Gasteiger partial charge in [-0.25, -0.2) is 9.98 Å². The second-order valence-corrected chi connectivity index (χ2v) is 6.88. The summed E-state index contributed by atoms with van der Waals surface area (Å²) in [4.78, 5) is 24.7. The van der Waals surface area contributed by atoms with Crippen molar-refractivity contribution < 1.29 is 15.0 Å². The molecule has 7 nitrogen and oxygen atoms in total. The lowest BCUT2D eigenvalue weighted by molar-refractivity contribution is -0.459. The number of hydrogen-bond acceptors (Lipinski definition) is 7. The minimum Gasteiger partial charge on any atom is -0.851 e. The van der Waals surface area contributed by atoms with Gasteiger partial charge in [-0.2, -0.15) is 0 Å². The molecule has 0 aromatic heterocycles. The number of carbonyl (C=O) groups is 1. The first-order chi connectivity index (χ1) is 12.3. The lowest BCUT2D eigenvalue weighted by Crippen LogP contribution is -2.42. The predicted molar refractivity (Wildman–Crippen MR) is 95.8 cm³/mol. The smallest absolute Gasteiger partial charge is 0.126 e. The SMILES string of the molecule is CC(=C1C=CN(C)C=N1)C1C(=O)C([O-])C(C(C)=C2C=CN(C)C=N2)C1[O-]. The molecule has 0 aromatic rings. The van der Waals surface area contributed by atoms with E-state index < -0.39 is 29.8 Å². The van der Waals surface area contributed by atoms with E-state index in [0.29, 0.717) is 22.5 Å². The zero-order chi connectivity index (χ0) is 19.0. The summed E-state index contributed by atoms with van der Waals surface area (Å²) < 4.78 is 0. The molecule has 0 aromatic carbocycles. The fourth-order valence-electron chi connectivity index (χ4n) is 3.47. The highest BCUT2D eigenvalue weighted by Crippen LogP contribution is 2.38. The van der Waals surface area contributed by atoms with Gasteiger partial charge in [0, 0.05) is 32.4 Å². The van der Waals surface area contributed by atoms with Crippen molar-refractivity contribution in [3.05, 3.63) is 47.1 Å². The molecule has 3 rings (SSSR count). The highest BCUT2D eigenvalue weighted by atomic mass is 16.3. The molecule has 0 saturated heterocycles. The summed E-state index contributed by atoms with van der Waals surface area (Å²) in [6.07, 6.45) is 7.39. The van der Waals surface area contributed by atoms with Crippen LogP contribution in [0.1, 0.15) is 13.8 Å². The van der Waals surface area contributed by atoms with Crippen molar-refractivity contribution in [3.63, 3.8) is 0 Å². The van der Waals surface area contributed by atoms with Gasteiger partial charge in [-0.1, -0.05) is 6.10 Å². The molecule has 1 aliphatic carbocycles. The van der Waals surface area contributed by atoms with Crippen LogP contribution in [0.15, 0.2) is 57.1 Å². The van der Waals surface area contributed by atoms with Crippen molar-refractivity contribution >= 4 is 18.5 Å². The highest BCUT2D eigenvalue weighted by molar-refractivity contribution is 5.91. The van der Waals surface area contributed by atoms with Gasteiger partial charge < -0.3 is 24.8 Å². The normalized spacial score (nSPS) is 34.8. The maximum atomic E-state index is 13.0. The second-order valence-electron chi connectivity index (χ2n) is 6.88. The van der Waals surface area contributed by atoms with Crippen LogP contribution in [0.5, 0.6) is 0 Å². The van der Waals surface area contributed by atoms with Crippen LogP contribution in [0.25, 0.3) is 0 Å². The van der Waals surface area contributed by atoms with E-state index >= 15 is 0 Å². The molecule has 4 unspecified atom stereocenters. The maximum Gasteiger partial charge on any atom is 0.126 e. The number of hydrogen-bond donors (Lipinski definition) is 0. The lowest BCUT2D eigenvalue weighted by Gasteiger charge is -2.35. The number of aliphatic imine (C=N–C) groups is 2. The zero-order valence-electron chi connectivity index (χ0n) is 15.3. The van der Waals surface area contributed by atoms with E-state index in [1.165, 1.54) is 0 Å². The fourth-order valence-corrected chi connectivity index (χ4v) is 3.47. The van der Waals surface area contributed by atoms with Gasteiger partial charge in [0.15, 0.2) is 0 Å². The fraction of sp³-hybridized carbons (Fsp3) is 0.421. The number of allylic oxidation sites excluding steroid dienone is 2. The largest absolute Gasteiger partial charge is 0.851 e. The van der Waals surface area contributed by atoms with Crippen LogP contribution >= 0.6 is 0 Å². The van der Waals surface area contributed by atoms with E-state index in [0.717, 1.165) is 0 Å². The Hall–Kier alpha value is -2.51. The minimum atomic E-state index is -1.58. The van der Waals surface area contributed by atoms with Gasteiger partial charge in [0.05, 0.1) is 24.1 Å². The number of rotatable bonds is 2. The van der Waals surface area contributed by atoms with E-state index in [4.69, 9.17) is 0 Å². The molecule has 7 heteroatoms. The number of carbonyl (C=O) groups excluding carboxylic acids is 1. The van der Waals surface area contributed by atoms with Crippen LogP contribution in [-0.2, 0) is 4.79 Å². The lowest BCUT2D eigenvalue weighted by atomic mass is 9.88. The summed E-state index contributed by atoms with van der Waals surface area (Å²) in [5, 5.41) is 25.7. The molecule has 0 spiro atoms. The van der Waals surface area contributed by atoms with Crippen LogP contribution in [-0.4, -0.2) is 54.6 Å². The Morgan fingerprint density at radius 1 is 0.962 bits per heavy atom. The Bertz CT molecular complexity index is 759. The van der Waals surface area contributed by atoms with Gasteiger partial charge >= 0.3 is 0 Å². The first-order valence-electron chi connectivity index (χ1n) is 8.47. The van der Waals surface area contributed by atoms with Crippen molar-refractivity contribution in [2.45, 2.75) is 26.1 Å². The summed E-state index contributed by atoms with van der Waals surface area (Å²) in [6, 6.07) is 0. The quantitative estimate of drug-likeness (QED) is 0.683. The zero-order valence-corrected chi connectivity index (χ0v) is 15.3. The highest BCUT2D eigenvalue weighted by Gasteiger charge is 2.41. The Balaban J connectivity index is 1.94. The van der Waals surface area contributed by atoms with Crippen LogP contribution in [0.2, 0.25) is 0 Å². The molecule has 0 amide bonds. The van der Waals surface area contributed by atoms with Crippen LogP contribution in [0, 0.1) is 11.8 Å². The van der Waals surface area contributed by atoms with Gasteiger partial charge in [-0.05, 0) is 43.1 Å². The molecule has 2 aliphatic heterocycles. The third-order valence-corrected chi connectivity index (χ3v) is 5.06. The van der Waals surface area contributed by atoms with E-state index in [-0.39, 0.29) is 0 Å². The predicted octanol–water partition coefficient (Wildman–Crippen LogP) is -0.218. The van der Waals surface area contributed by atoms with Crippen molar-refractivity contribution in [3.8, 4) is 0 Å². The summed E-state index contributed by atoms with van der Waals surface area (Å²) in [5.74, 6) is -2.43. The number of ketones is 1. The first kappa shape index (κ1) is 18.3. The first-order valence-corrected chi connectivity index (χ1v) is 8.47. The Morgan fingerprint density at radius 3 is 1.92 bits per heavy atom. The van der Waals surface area contributed by atoms with E-state index in [9.17, 15) is 15.0 Å². The van der Waals surface area contributed by atoms with Gasteiger partial charge in [0.1, 0.15) is 5.78 Å². The molecule has 3 aliphatic rings. The van der Waals surface area contributed by atoms with Gasteiger partial charge in [-0.15, -0.1) is 6.10 Å². The minimum absolute atomic E-state index is 0.552. The molecular weight excluding hydrogens is 332 g/mol. The molecule has 2 heterocycles. The topological polar surface area (TPSA) is 94.4 Å². The molecule has 26 heavy (non-hydrogen) atoms. The molecule has 0 radical (unpaired) electrons. The number of Topliss-reactive ketones (excluding diaryl/α,β-unsaturated/α-hetero) is 1. The van der Waals surface area contributed by atoms with Crippen molar-refractivity contribution in [1.29, 1.82) is 0 Å². The van der Waals surface area contributed by atoms with Crippen molar-refractivity contribution in [2.75, 3.05) is 14.1 Å². The molecule has 0 N–H and O–H groups in total. The summed E-state index contributed by atoms with van der Waals surface area (Å²) >= 11 is 0. The molecule has 1 saturated carbocycles. The number of nitrogens with zero attached hydrogens (tertiary/aromatic N) is 4. The standard InChI is InChI=1S/C19H22N4O3/c1-11(13-5-7-22(3)9-20-13)15-17(24)16(19(26)18(15)25)12(2)14-6-8-23(4)10-21-14/h5-10,15-18H,1-4H3/q-2. The average Bonchev–Trinajstić information content (AvgIpc) is 2.84. The molecule has 4 atom stereocenters. The molecule has 138 valence electrons. The summed E-state index contributed by atoms with van der Waals surface area (Å²) in [7, 11) is 3.66. The average molecular weight is 354 g/mol. The third-order valence-electron chi connectivity index (χ3n) is 5.06. The van der Waals surface area contributed by atoms with E-state index in [1.54, 1.807) is 60.9 Å². The Labute approximate surface area is 153 Å². The molecule has 1 fully saturated rings. The second kappa shape index (κ2) is 7.01. The molecular formula is C19H22N4O3-2. The van der Waals surface area contributed by atoms with Crippen LogP contribution in [0.3, 0.4) is 0 Å². The Morgan fingerprint density at radius 2 is 1.46 bits per heavy atom. The monoisotopic (exact) mass is 354 g/mol. The van der Waals surface area contributed by atoms with Gasteiger partial charge in [-0.3, -0.25) is 0 Å². The summed E-state index contributed by atoms with van der Waals surface area (Å²) in [6.45, 7) is 3.43.